The number of benzene rings is 1. The Labute approximate surface area is 121 Å². The molecule has 0 aliphatic carbocycles. The zero-order valence-corrected chi connectivity index (χ0v) is 12.0. The quantitative estimate of drug-likeness (QED) is 0.811. The second-order valence-corrected chi connectivity index (χ2v) is 4.97. The maximum absolute atomic E-state index is 7.47. The molecule has 21 heavy (non-hydrogen) atoms. The van der Waals surface area contributed by atoms with Crippen LogP contribution in [0.3, 0.4) is 0 Å². The number of rotatable bonds is 2. The van der Waals surface area contributed by atoms with E-state index in [0.717, 1.165) is 34.0 Å². The molecule has 0 spiro atoms. The number of azo groups is 1. The zero-order valence-electron chi connectivity index (χ0n) is 12.0. The molecule has 1 aliphatic heterocycles. The van der Waals surface area contributed by atoms with Gasteiger partial charge in [-0.2, -0.15) is 10.2 Å². The molecule has 2 heterocycles. The first-order valence-corrected chi connectivity index (χ1v) is 6.59. The number of hydrogen-bond donors (Lipinski definition) is 2. The highest BCUT2D eigenvalue weighted by Crippen LogP contribution is 2.20. The van der Waals surface area contributed by atoms with Crippen molar-refractivity contribution in [1.29, 1.82) is 5.41 Å². The molecule has 0 unspecified atom stereocenters. The number of aromatic amines is 1. The Balaban J connectivity index is 1.89. The van der Waals surface area contributed by atoms with Crippen LogP contribution in [0.1, 0.15) is 19.7 Å². The molecule has 3 rings (SSSR count). The molecule has 1 aliphatic rings. The number of aliphatic imine (C=N–C) groups is 2. The van der Waals surface area contributed by atoms with Gasteiger partial charge in [-0.15, -0.1) is 0 Å². The summed E-state index contributed by atoms with van der Waals surface area (Å²) in [6.07, 6.45) is 0. The molecule has 0 bridgehead atoms. The van der Waals surface area contributed by atoms with Gasteiger partial charge in [0.15, 0.2) is 0 Å². The predicted molar refractivity (Wildman–Crippen MR) is 83.1 cm³/mol. The fourth-order valence-corrected chi connectivity index (χ4v) is 2.26. The van der Waals surface area contributed by atoms with Gasteiger partial charge in [0.1, 0.15) is 11.9 Å². The fourth-order valence-electron chi connectivity index (χ4n) is 2.26. The summed E-state index contributed by atoms with van der Waals surface area (Å²) in [5.41, 5.74) is 4.05. The summed E-state index contributed by atoms with van der Waals surface area (Å²) in [6.45, 7) is 5.58. The third kappa shape index (κ3) is 2.62. The number of aryl methyl sites for hydroxylation is 1. The number of fused-ring (bicyclic) bond motifs is 1. The van der Waals surface area contributed by atoms with Crippen LogP contribution in [0.15, 0.2) is 38.4 Å². The first kappa shape index (κ1) is 13.3. The number of aromatic nitrogens is 2. The Kier molecular flexibility index (Phi) is 3.17. The van der Waals surface area contributed by atoms with Gasteiger partial charge in [0.05, 0.1) is 28.1 Å². The third-order valence-corrected chi connectivity index (χ3v) is 3.23. The molecule has 1 aromatic heterocycles. The Morgan fingerprint density at radius 1 is 1.14 bits per heavy atom. The van der Waals surface area contributed by atoms with Crippen LogP contribution in [0.4, 0.5) is 5.69 Å². The average Bonchev–Trinajstić information content (AvgIpc) is 2.76. The highest BCUT2D eigenvalue weighted by molar-refractivity contribution is 6.18. The number of imidazole rings is 1. The van der Waals surface area contributed by atoms with Gasteiger partial charge >= 0.3 is 0 Å². The first-order chi connectivity index (χ1) is 10.0. The molecule has 1 aromatic carbocycles. The van der Waals surface area contributed by atoms with Gasteiger partial charge < -0.3 is 4.98 Å². The maximum atomic E-state index is 7.47. The number of H-pyrrole nitrogens is 1. The molecule has 106 valence electrons. The fraction of sp³-hybridized carbons (Fsp3) is 0.286. The molecule has 2 aromatic rings. The molecule has 0 amide bonds. The van der Waals surface area contributed by atoms with Gasteiger partial charge in [0.2, 0.25) is 5.96 Å². The standard InChI is InChI=1S/C14H15N7/c1-7-13(8(2)17-14(15)16-7)21-20-10-4-5-11-12(6-10)19-9(3)18-11/h4-6,13,15H,1-3H3,(H,18,19). The largest absolute Gasteiger partial charge is 0.342 e. The molecule has 0 atom stereocenters. The predicted octanol–water partition coefficient (Wildman–Crippen LogP) is 3.19. The van der Waals surface area contributed by atoms with Crippen molar-refractivity contribution >= 4 is 34.1 Å². The van der Waals surface area contributed by atoms with E-state index in [1.54, 1.807) is 0 Å². The van der Waals surface area contributed by atoms with Crippen molar-refractivity contribution < 1.29 is 0 Å². The van der Waals surface area contributed by atoms with E-state index in [9.17, 15) is 0 Å². The van der Waals surface area contributed by atoms with E-state index in [-0.39, 0.29) is 12.0 Å². The van der Waals surface area contributed by atoms with Gasteiger partial charge in [-0.05, 0) is 39.0 Å². The summed E-state index contributed by atoms with van der Waals surface area (Å²) in [5.74, 6) is 0.890. The van der Waals surface area contributed by atoms with E-state index in [1.807, 2.05) is 39.0 Å². The summed E-state index contributed by atoms with van der Waals surface area (Å²) in [6, 6.07) is 5.39. The Hall–Kier alpha value is -2.70. The van der Waals surface area contributed by atoms with Crippen molar-refractivity contribution in [2.75, 3.05) is 0 Å². The Bertz CT molecular complexity index is 788. The van der Waals surface area contributed by atoms with Crippen LogP contribution < -0.4 is 0 Å². The van der Waals surface area contributed by atoms with Crippen molar-refractivity contribution in [3.63, 3.8) is 0 Å². The van der Waals surface area contributed by atoms with E-state index in [4.69, 9.17) is 5.41 Å². The van der Waals surface area contributed by atoms with Crippen molar-refractivity contribution in [3.05, 3.63) is 24.0 Å². The number of hydrogen-bond acceptors (Lipinski definition) is 4. The Morgan fingerprint density at radius 2 is 1.86 bits per heavy atom. The van der Waals surface area contributed by atoms with Crippen LogP contribution >= 0.6 is 0 Å². The monoisotopic (exact) mass is 281 g/mol. The summed E-state index contributed by atoms with van der Waals surface area (Å²) >= 11 is 0. The summed E-state index contributed by atoms with van der Waals surface area (Å²) in [5, 5.41) is 16.0. The molecular weight excluding hydrogens is 266 g/mol. The van der Waals surface area contributed by atoms with Gasteiger partial charge in [-0.25, -0.2) is 15.0 Å². The molecule has 0 saturated carbocycles. The third-order valence-electron chi connectivity index (χ3n) is 3.23. The highest BCUT2D eigenvalue weighted by Gasteiger charge is 2.20. The summed E-state index contributed by atoms with van der Waals surface area (Å²) < 4.78 is 0. The molecule has 2 N–H and O–H groups in total. The van der Waals surface area contributed by atoms with E-state index in [0.29, 0.717) is 0 Å². The molecule has 7 nitrogen and oxygen atoms in total. The smallest absolute Gasteiger partial charge is 0.241 e. The first-order valence-electron chi connectivity index (χ1n) is 6.59. The van der Waals surface area contributed by atoms with Crippen LogP contribution in [0, 0.1) is 12.3 Å². The van der Waals surface area contributed by atoms with Crippen LogP contribution in [0.2, 0.25) is 0 Å². The van der Waals surface area contributed by atoms with Crippen molar-refractivity contribution in [3.8, 4) is 0 Å². The van der Waals surface area contributed by atoms with E-state index < -0.39 is 0 Å². The number of guanidine groups is 1. The van der Waals surface area contributed by atoms with E-state index >= 15 is 0 Å². The van der Waals surface area contributed by atoms with Gasteiger partial charge in [0.25, 0.3) is 0 Å². The van der Waals surface area contributed by atoms with Crippen LogP contribution in [-0.4, -0.2) is 33.4 Å². The minimum atomic E-state index is -0.293. The number of nitrogens with one attached hydrogen (secondary N) is 2. The second kappa shape index (κ2) is 5.01. The van der Waals surface area contributed by atoms with Gasteiger partial charge in [-0.1, -0.05) is 0 Å². The lowest BCUT2D eigenvalue weighted by Crippen LogP contribution is -2.28. The van der Waals surface area contributed by atoms with Crippen LogP contribution in [-0.2, 0) is 0 Å². The average molecular weight is 281 g/mol. The molecule has 0 saturated heterocycles. The molecular formula is C14H15N7. The van der Waals surface area contributed by atoms with Crippen LogP contribution in [0.25, 0.3) is 11.0 Å². The lowest BCUT2D eigenvalue weighted by atomic mass is 10.1. The van der Waals surface area contributed by atoms with Crippen molar-refractivity contribution in [1.82, 2.24) is 9.97 Å². The molecule has 0 radical (unpaired) electrons. The SMILES string of the molecule is CC1=NC(=N)N=C(C)C1N=Nc1ccc2nc(C)[nH]c2c1. The minimum absolute atomic E-state index is 0.0193. The lowest BCUT2D eigenvalue weighted by molar-refractivity contribution is 0.981. The maximum Gasteiger partial charge on any atom is 0.241 e. The normalized spacial score (nSPS) is 19.2. The van der Waals surface area contributed by atoms with E-state index in [2.05, 4.69) is 30.2 Å². The summed E-state index contributed by atoms with van der Waals surface area (Å²) in [4.78, 5) is 15.6. The summed E-state index contributed by atoms with van der Waals surface area (Å²) in [7, 11) is 0. The highest BCUT2D eigenvalue weighted by atomic mass is 15.2. The second-order valence-electron chi connectivity index (χ2n) is 4.97. The minimum Gasteiger partial charge on any atom is -0.342 e. The van der Waals surface area contributed by atoms with Gasteiger partial charge in [-0.3, -0.25) is 5.41 Å². The van der Waals surface area contributed by atoms with Gasteiger partial charge in [0, 0.05) is 0 Å². The molecule has 0 fully saturated rings. The number of nitrogens with zero attached hydrogens (tertiary/aromatic N) is 5. The van der Waals surface area contributed by atoms with Crippen LogP contribution in [0.5, 0.6) is 0 Å². The Morgan fingerprint density at radius 3 is 2.57 bits per heavy atom. The van der Waals surface area contributed by atoms with Crippen molar-refractivity contribution in [2.24, 2.45) is 20.2 Å². The van der Waals surface area contributed by atoms with Crippen molar-refractivity contribution in [2.45, 2.75) is 26.8 Å². The zero-order chi connectivity index (χ0) is 15.0. The topological polar surface area (TPSA) is 102 Å². The molecule has 7 heteroatoms. The van der Waals surface area contributed by atoms with E-state index in [1.165, 1.54) is 0 Å². The lowest BCUT2D eigenvalue weighted by Gasteiger charge is -2.14.